The lowest BCUT2D eigenvalue weighted by Gasteiger charge is -2.35. The van der Waals surface area contributed by atoms with Gasteiger partial charge in [-0.05, 0) is 38.0 Å². The number of hydrogen-bond donors (Lipinski definition) is 2. The molecule has 136 valence electrons. The molecule has 1 aromatic carbocycles. The number of carbonyl (C=O) groups is 1. The van der Waals surface area contributed by atoms with Gasteiger partial charge in [0.25, 0.3) is 5.91 Å². The Morgan fingerprint density at radius 2 is 2.19 bits per heavy atom. The summed E-state index contributed by atoms with van der Waals surface area (Å²) in [5.41, 5.74) is 1.94. The molecule has 0 saturated heterocycles. The molecule has 4 rings (SSSR count). The molecular formula is C18H21N5O3. The second-order valence-corrected chi connectivity index (χ2v) is 6.63. The summed E-state index contributed by atoms with van der Waals surface area (Å²) < 4.78 is 7.44. The van der Waals surface area contributed by atoms with E-state index >= 15 is 0 Å². The molecule has 2 N–H and O–H groups in total. The fourth-order valence-electron chi connectivity index (χ4n) is 3.51. The number of oxazole rings is 1. The number of hydrogen-bond acceptors (Lipinski definition) is 6. The molecule has 0 atom stereocenters. The Bertz CT molecular complexity index is 955. The Labute approximate surface area is 150 Å². The van der Waals surface area contributed by atoms with E-state index in [1.54, 1.807) is 25.1 Å². The van der Waals surface area contributed by atoms with E-state index in [1.165, 1.54) is 0 Å². The first-order valence-electron chi connectivity index (χ1n) is 8.80. The van der Waals surface area contributed by atoms with Crippen LogP contribution in [0.2, 0.25) is 0 Å². The molecule has 2 heterocycles. The van der Waals surface area contributed by atoms with Gasteiger partial charge in [-0.3, -0.25) is 4.79 Å². The largest absolute Gasteiger partial charge is 0.441 e. The molecule has 0 radical (unpaired) electrons. The van der Waals surface area contributed by atoms with E-state index in [0.717, 1.165) is 30.7 Å². The second kappa shape index (κ2) is 6.53. The van der Waals surface area contributed by atoms with E-state index in [2.05, 4.69) is 20.5 Å². The molecule has 1 fully saturated rings. The number of aromatic nitrogens is 4. The van der Waals surface area contributed by atoms with Crippen LogP contribution in [0.15, 0.2) is 22.6 Å². The zero-order chi connectivity index (χ0) is 18.3. The summed E-state index contributed by atoms with van der Waals surface area (Å²) in [6, 6.07) is 5.39. The number of benzene rings is 1. The topological polar surface area (TPSA) is 106 Å². The van der Waals surface area contributed by atoms with Crippen molar-refractivity contribution >= 4 is 17.0 Å². The summed E-state index contributed by atoms with van der Waals surface area (Å²) in [5, 5.41) is 20.6. The maximum absolute atomic E-state index is 12.5. The summed E-state index contributed by atoms with van der Waals surface area (Å²) in [7, 11) is 0. The van der Waals surface area contributed by atoms with Crippen LogP contribution in [0.1, 0.15) is 53.6 Å². The SMILES string of the molecule is CCn1c(CO)nnc1C1CC(NC(=O)c2ccc3nc(C)oc3c2)C1. The van der Waals surface area contributed by atoms with Gasteiger partial charge >= 0.3 is 0 Å². The third kappa shape index (κ3) is 2.86. The molecule has 1 saturated carbocycles. The minimum absolute atomic E-state index is 0.110. The summed E-state index contributed by atoms with van der Waals surface area (Å²) in [6.45, 7) is 4.40. The van der Waals surface area contributed by atoms with Crippen molar-refractivity contribution in [2.75, 3.05) is 0 Å². The number of carbonyl (C=O) groups excluding carboxylic acids is 1. The molecular weight excluding hydrogens is 334 g/mol. The van der Waals surface area contributed by atoms with E-state index in [1.807, 2.05) is 11.5 Å². The molecule has 0 spiro atoms. The molecule has 0 bridgehead atoms. The number of nitrogens with zero attached hydrogens (tertiary/aromatic N) is 4. The molecule has 1 aliphatic rings. The third-order valence-corrected chi connectivity index (χ3v) is 4.91. The van der Waals surface area contributed by atoms with E-state index < -0.39 is 0 Å². The van der Waals surface area contributed by atoms with Crippen LogP contribution in [-0.2, 0) is 13.2 Å². The quantitative estimate of drug-likeness (QED) is 0.724. The van der Waals surface area contributed by atoms with E-state index in [9.17, 15) is 9.90 Å². The van der Waals surface area contributed by atoms with Crippen molar-refractivity contribution in [3.05, 3.63) is 41.3 Å². The van der Waals surface area contributed by atoms with Crippen molar-refractivity contribution in [3.8, 4) is 0 Å². The normalized spacial score (nSPS) is 19.5. The van der Waals surface area contributed by atoms with Crippen LogP contribution < -0.4 is 5.32 Å². The van der Waals surface area contributed by atoms with Crippen molar-refractivity contribution in [3.63, 3.8) is 0 Å². The third-order valence-electron chi connectivity index (χ3n) is 4.91. The zero-order valence-corrected chi connectivity index (χ0v) is 14.8. The Kier molecular flexibility index (Phi) is 4.20. The smallest absolute Gasteiger partial charge is 0.251 e. The highest BCUT2D eigenvalue weighted by atomic mass is 16.3. The van der Waals surface area contributed by atoms with Crippen molar-refractivity contribution in [1.29, 1.82) is 0 Å². The fourth-order valence-corrected chi connectivity index (χ4v) is 3.51. The Hall–Kier alpha value is -2.74. The maximum atomic E-state index is 12.5. The average Bonchev–Trinajstić information content (AvgIpc) is 3.17. The van der Waals surface area contributed by atoms with Crippen molar-refractivity contribution in [2.45, 2.75) is 51.8 Å². The standard InChI is InChI=1S/C18H21N5O3/c1-3-23-16(9-24)21-22-17(23)12-6-13(7-12)20-18(25)11-4-5-14-15(8-11)26-10(2)19-14/h4-5,8,12-13,24H,3,6-7,9H2,1-2H3,(H,20,25). The molecule has 1 aliphatic carbocycles. The summed E-state index contributed by atoms with van der Waals surface area (Å²) >= 11 is 0. The van der Waals surface area contributed by atoms with Crippen LogP contribution >= 0.6 is 0 Å². The van der Waals surface area contributed by atoms with Gasteiger partial charge in [-0.25, -0.2) is 4.98 Å². The number of nitrogens with one attached hydrogen (secondary N) is 1. The molecule has 2 aromatic heterocycles. The van der Waals surface area contributed by atoms with Gasteiger partial charge in [0.15, 0.2) is 17.3 Å². The van der Waals surface area contributed by atoms with Crippen molar-refractivity contribution < 1.29 is 14.3 Å². The van der Waals surface area contributed by atoms with Gasteiger partial charge in [0.1, 0.15) is 17.9 Å². The summed E-state index contributed by atoms with van der Waals surface area (Å²) in [6.07, 6.45) is 1.64. The summed E-state index contributed by atoms with van der Waals surface area (Å²) in [5.74, 6) is 2.21. The fraction of sp³-hybridized carbons (Fsp3) is 0.444. The molecule has 8 heteroatoms. The van der Waals surface area contributed by atoms with Gasteiger partial charge in [0.05, 0.1) is 0 Å². The predicted octanol–water partition coefficient (Wildman–Crippen LogP) is 1.92. The van der Waals surface area contributed by atoms with E-state index in [4.69, 9.17) is 4.42 Å². The predicted molar refractivity (Wildman–Crippen MR) is 93.6 cm³/mol. The lowest BCUT2D eigenvalue weighted by molar-refractivity contribution is 0.0906. The minimum Gasteiger partial charge on any atom is -0.441 e. The maximum Gasteiger partial charge on any atom is 0.251 e. The first-order chi connectivity index (χ1) is 12.6. The van der Waals surface area contributed by atoms with Gasteiger partial charge in [0.2, 0.25) is 0 Å². The van der Waals surface area contributed by atoms with E-state index in [-0.39, 0.29) is 24.5 Å². The number of aliphatic hydroxyl groups excluding tert-OH is 1. The lowest BCUT2D eigenvalue weighted by atomic mass is 9.79. The van der Waals surface area contributed by atoms with E-state index in [0.29, 0.717) is 22.9 Å². The first-order valence-corrected chi connectivity index (χ1v) is 8.80. The number of fused-ring (bicyclic) bond motifs is 1. The van der Waals surface area contributed by atoms with Crippen LogP contribution in [0.3, 0.4) is 0 Å². The lowest BCUT2D eigenvalue weighted by Crippen LogP contribution is -2.44. The number of aryl methyl sites for hydroxylation is 1. The highest BCUT2D eigenvalue weighted by Gasteiger charge is 2.35. The Morgan fingerprint density at radius 1 is 1.38 bits per heavy atom. The number of aliphatic hydroxyl groups is 1. The molecule has 0 unspecified atom stereocenters. The molecule has 8 nitrogen and oxygen atoms in total. The highest BCUT2D eigenvalue weighted by Crippen LogP contribution is 2.36. The van der Waals surface area contributed by atoms with Gasteiger partial charge in [-0.2, -0.15) is 0 Å². The number of rotatable bonds is 5. The van der Waals surface area contributed by atoms with Crippen molar-refractivity contribution in [2.24, 2.45) is 0 Å². The zero-order valence-electron chi connectivity index (χ0n) is 14.8. The van der Waals surface area contributed by atoms with Crippen LogP contribution in [0.4, 0.5) is 0 Å². The Morgan fingerprint density at radius 3 is 2.92 bits per heavy atom. The second-order valence-electron chi connectivity index (χ2n) is 6.63. The van der Waals surface area contributed by atoms with Crippen LogP contribution in [0, 0.1) is 6.92 Å². The van der Waals surface area contributed by atoms with Crippen LogP contribution in [0.25, 0.3) is 11.1 Å². The molecule has 0 aliphatic heterocycles. The van der Waals surface area contributed by atoms with Crippen molar-refractivity contribution in [1.82, 2.24) is 25.1 Å². The van der Waals surface area contributed by atoms with Gasteiger partial charge in [-0.1, -0.05) is 0 Å². The molecule has 1 amide bonds. The highest BCUT2D eigenvalue weighted by molar-refractivity contribution is 5.97. The monoisotopic (exact) mass is 355 g/mol. The number of amides is 1. The minimum atomic E-state index is -0.114. The molecule has 26 heavy (non-hydrogen) atoms. The van der Waals surface area contributed by atoms with Gasteiger partial charge < -0.3 is 19.4 Å². The van der Waals surface area contributed by atoms with Gasteiger partial charge in [0, 0.05) is 31.0 Å². The van der Waals surface area contributed by atoms with Crippen LogP contribution in [-0.4, -0.2) is 36.8 Å². The summed E-state index contributed by atoms with van der Waals surface area (Å²) in [4.78, 5) is 16.7. The Balaban J connectivity index is 1.40. The average molecular weight is 355 g/mol. The first kappa shape index (κ1) is 16.7. The van der Waals surface area contributed by atoms with Gasteiger partial charge in [-0.15, -0.1) is 10.2 Å². The molecule has 3 aromatic rings. The van der Waals surface area contributed by atoms with Crippen LogP contribution in [0.5, 0.6) is 0 Å².